The molecular weight excluding hydrogens is 1150 g/mol. The maximum absolute atomic E-state index is 13.0. The van der Waals surface area contributed by atoms with E-state index in [2.05, 4.69) is 55.4 Å². The van der Waals surface area contributed by atoms with Gasteiger partial charge in [0.25, 0.3) is 0 Å². The van der Waals surface area contributed by atoms with Crippen molar-refractivity contribution in [3.63, 3.8) is 0 Å². The number of aliphatic hydroxyl groups excluding tert-OH is 1. The number of hydrogen-bond acceptors (Lipinski definition) is 15. The number of rotatable bonds is 65. The Morgan fingerprint density at radius 2 is 0.483 bits per heavy atom. The average Bonchev–Trinajstić information content (AvgIpc) is 3.68. The molecule has 19 heteroatoms. The second-order valence-corrected chi connectivity index (χ2v) is 29.4. The second kappa shape index (κ2) is 57.9. The summed E-state index contributed by atoms with van der Waals surface area (Å²) in [5, 5.41) is 10.6. The van der Waals surface area contributed by atoms with E-state index in [0.717, 1.165) is 115 Å². The normalized spacial score (nSPS) is 14.3. The molecule has 0 aliphatic carbocycles. The Bertz CT molecular complexity index is 1730. The van der Waals surface area contributed by atoms with Gasteiger partial charge in [-0.1, -0.05) is 280 Å². The highest BCUT2D eigenvalue weighted by molar-refractivity contribution is 7.47. The lowest BCUT2D eigenvalue weighted by Gasteiger charge is -2.21. The first-order valence-corrected chi connectivity index (χ1v) is 38.2. The van der Waals surface area contributed by atoms with E-state index < -0.39 is 97.5 Å². The van der Waals surface area contributed by atoms with Crippen LogP contribution in [-0.4, -0.2) is 96.7 Å². The predicted molar refractivity (Wildman–Crippen MR) is 349 cm³/mol. The molecule has 0 aromatic heterocycles. The Balaban J connectivity index is 5.24. The van der Waals surface area contributed by atoms with Gasteiger partial charge in [0.1, 0.15) is 19.3 Å². The van der Waals surface area contributed by atoms with Gasteiger partial charge in [-0.05, 0) is 49.4 Å². The molecule has 87 heavy (non-hydrogen) atoms. The molecule has 516 valence electrons. The highest BCUT2D eigenvalue weighted by Crippen LogP contribution is 2.45. The molecule has 3 unspecified atom stereocenters. The minimum atomic E-state index is -4.95. The summed E-state index contributed by atoms with van der Waals surface area (Å²) in [6, 6.07) is 0. The SMILES string of the molecule is CC(C)CCCCCCCCCCCCCCC(=O)O[C@H](COC(=O)CCCCCCCCC(C)C)COP(=O)(O)OCC(O)COP(=O)(O)OC[C@@H](COC(=O)CCCCCCCCCC(C)C)OC(=O)CCCCCCCCCCCCC(C)C. The molecule has 0 aromatic carbocycles. The molecule has 0 heterocycles. The van der Waals surface area contributed by atoms with E-state index in [1.807, 2.05) is 0 Å². The van der Waals surface area contributed by atoms with Crippen LogP contribution in [0.25, 0.3) is 0 Å². The lowest BCUT2D eigenvalue weighted by Crippen LogP contribution is -2.30. The summed E-state index contributed by atoms with van der Waals surface area (Å²) >= 11 is 0. The molecule has 0 amide bonds. The molecule has 0 aliphatic rings. The minimum absolute atomic E-state index is 0.104. The van der Waals surface area contributed by atoms with E-state index in [-0.39, 0.29) is 25.7 Å². The van der Waals surface area contributed by atoms with Crippen molar-refractivity contribution in [3.05, 3.63) is 0 Å². The maximum atomic E-state index is 13.0. The fraction of sp³-hybridized carbons (Fsp3) is 0.941. The maximum Gasteiger partial charge on any atom is 0.472 e. The smallest absolute Gasteiger partial charge is 0.462 e. The van der Waals surface area contributed by atoms with Gasteiger partial charge in [0.05, 0.1) is 26.4 Å². The van der Waals surface area contributed by atoms with Crippen LogP contribution < -0.4 is 0 Å². The van der Waals surface area contributed by atoms with E-state index in [1.54, 1.807) is 0 Å². The molecule has 0 bridgehead atoms. The van der Waals surface area contributed by atoms with Gasteiger partial charge in [-0.25, -0.2) is 9.13 Å². The molecule has 0 fully saturated rings. The van der Waals surface area contributed by atoms with Crippen LogP contribution in [0.15, 0.2) is 0 Å². The molecule has 0 aliphatic heterocycles. The summed E-state index contributed by atoms with van der Waals surface area (Å²) in [5.74, 6) is 0.779. The van der Waals surface area contributed by atoms with Crippen molar-refractivity contribution in [3.8, 4) is 0 Å². The Hall–Kier alpha value is -1.94. The fourth-order valence-corrected chi connectivity index (χ4v) is 11.7. The molecular formula is C68H132O17P2. The van der Waals surface area contributed by atoms with Crippen LogP contribution in [0.3, 0.4) is 0 Å². The van der Waals surface area contributed by atoms with E-state index in [9.17, 15) is 43.2 Å². The number of ether oxygens (including phenoxy) is 4. The molecule has 3 N–H and O–H groups in total. The first-order valence-electron chi connectivity index (χ1n) is 35.2. The van der Waals surface area contributed by atoms with Gasteiger partial charge in [-0.3, -0.25) is 37.3 Å². The molecule has 0 rings (SSSR count). The first-order chi connectivity index (χ1) is 41.6. The van der Waals surface area contributed by atoms with Crippen LogP contribution >= 0.6 is 15.6 Å². The largest absolute Gasteiger partial charge is 0.472 e. The summed E-state index contributed by atoms with van der Waals surface area (Å²) in [6.07, 6.45) is 39.1. The average molecular weight is 1280 g/mol. The van der Waals surface area contributed by atoms with Crippen LogP contribution in [0.5, 0.6) is 0 Å². The molecule has 0 aromatic rings. The minimum Gasteiger partial charge on any atom is -0.462 e. The van der Waals surface area contributed by atoms with Crippen LogP contribution in [0, 0.1) is 23.7 Å². The van der Waals surface area contributed by atoms with E-state index in [1.165, 1.54) is 122 Å². The third kappa shape index (κ3) is 62.6. The molecule has 0 saturated carbocycles. The number of carbonyl (C=O) groups excluding carboxylic acids is 4. The van der Waals surface area contributed by atoms with Crippen molar-refractivity contribution in [1.29, 1.82) is 0 Å². The summed E-state index contributed by atoms with van der Waals surface area (Å²) in [7, 11) is -9.90. The van der Waals surface area contributed by atoms with Gasteiger partial charge >= 0.3 is 39.5 Å². The number of phosphoric acid groups is 2. The van der Waals surface area contributed by atoms with E-state index in [4.69, 9.17) is 37.0 Å². The number of aliphatic hydroxyl groups is 1. The zero-order valence-corrected chi connectivity index (χ0v) is 58.4. The van der Waals surface area contributed by atoms with Crippen LogP contribution in [0.1, 0.15) is 331 Å². The quantitative estimate of drug-likeness (QED) is 0.0222. The third-order valence-electron chi connectivity index (χ3n) is 15.6. The molecule has 17 nitrogen and oxygen atoms in total. The zero-order chi connectivity index (χ0) is 64.7. The summed E-state index contributed by atoms with van der Waals surface area (Å²) in [4.78, 5) is 72.4. The van der Waals surface area contributed by atoms with E-state index >= 15 is 0 Å². The van der Waals surface area contributed by atoms with Gasteiger partial charge in [0.15, 0.2) is 12.2 Å². The predicted octanol–water partition coefficient (Wildman–Crippen LogP) is 18.9. The van der Waals surface area contributed by atoms with Crippen LogP contribution in [-0.2, 0) is 65.4 Å². The number of carbonyl (C=O) groups is 4. The molecule has 0 spiro atoms. The molecule has 0 saturated heterocycles. The lowest BCUT2D eigenvalue weighted by molar-refractivity contribution is -0.161. The Labute approximate surface area is 530 Å². The van der Waals surface area contributed by atoms with Gasteiger partial charge in [-0.2, -0.15) is 0 Å². The Kier molecular flexibility index (Phi) is 56.6. The summed E-state index contributed by atoms with van der Waals surface area (Å²) < 4.78 is 68.2. The summed E-state index contributed by atoms with van der Waals surface area (Å²) in [5.41, 5.74) is 0. The van der Waals surface area contributed by atoms with Crippen molar-refractivity contribution in [1.82, 2.24) is 0 Å². The second-order valence-electron chi connectivity index (χ2n) is 26.5. The molecule has 0 radical (unpaired) electrons. The topological polar surface area (TPSA) is 237 Å². The Morgan fingerprint density at radius 3 is 0.713 bits per heavy atom. The van der Waals surface area contributed by atoms with Crippen molar-refractivity contribution in [2.75, 3.05) is 39.6 Å². The number of esters is 4. The van der Waals surface area contributed by atoms with Gasteiger partial charge < -0.3 is 33.8 Å². The highest BCUT2D eigenvalue weighted by Gasteiger charge is 2.30. The monoisotopic (exact) mass is 1280 g/mol. The molecule has 5 atom stereocenters. The van der Waals surface area contributed by atoms with Gasteiger partial charge in [-0.15, -0.1) is 0 Å². The van der Waals surface area contributed by atoms with Gasteiger partial charge in [0, 0.05) is 25.7 Å². The lowest BCUT2D eigenvalue weighted by atomic mass is 10.0. The summed E-state index contributed by atoms with van der Waals surface area (Å²) in [6.45, 7) is 14.0. The number of hydrogen-bond donors (Lipinski definition) is 3. The van der Waals surface area contributed by atoms with Crippen molar-refractivity contribution in [2.45, 2.75) is 350 Å². The van der Waals surface area contributed by atoms with Crippen molar-refractivity contribution >= 4 is 39.5 Å². The first kappa shape index (κ1) is 85.1. The number of unbranched alkanes of at least 4 members (excludes halogenated alkanes) is 31. The highest BCUT2D eigenvalue weighted by atomic mass is 31.2. The van der Waals surface area contributed by atoms with Crippen molar-refractivity contribution in [2.24, 2.45) is 23.7 Å². The Morgan fingerprint density at radius 1 is 0.287 bits per heavy atom. The van der Waals surface area contributed by atoms with Crippen LogP contribution in [0.4, 0.5) is 0 Å². The number of phosphoric ester groups is 2. The van der Waals surface area contributed by atoms with E-state index in [0.29, 0.717) is 37.5 Å². The van der Waals surface area contributed by atoms with Crippen LogP contribution in [0.2, 0.25) is 0 Å². The zero-order valence-electron chi connectivity index (χ0n) is 56.6. The standard InChI is InChI=1S/C68H132O17P2/c1-58(2)44-36-28-20-15-11-9-10-12-17-23-34-42-50-67(72)85-64(55-79-66(71)49-41-33-27-26-31-39-47-61(7)8)57-83-87(76,77)81-53-62(69)52-80-86(74,75)82-56-63(54-78-65(70)48-40-32-25-19-22-30-38-46-60(5)6)84-68(73)51-43-35-24-18-14-13-16-21-29-37-45-59(3)4/h58-64,69H,9-57H2,1-8H3,(H,74,75)(H,76,77)/t62?,63-,64-/m1/s1. The third-order valence-corrected chi connectivity index (χ3v) is 17.5. The van der Waals surface area contributed by atoms with Gasteiger partial charge in [0.2, 0.25) is 0 Å². The van der Waals surface area contributed by atoms with Crippen molar-refractivity contribution < 1.29 is 80.2 Å². The fourth-order valence-electron chi connectivity index (χ4n) is 10.1.